The van der Waals surface area contributed by atoms with Gasteiger partial charge in [-0.3, -0.25) is 4.79 Å². The fourth-order valence-electron chi connectivity index (χ4n) is 4.74. The Kier molecular flexibility index (Phi) is 6.68. The van der Waals surface area contributed by atoms with Crippen molar-refractivity contribution in [1.29, 1.82) is 0 Å². The van der Waals surface area contributed by atoms with E-state index in [1.807, 2.05) is 42.5 Å². The molecule has 2 aliphatic rings. The number of hydrogen-bond donors (Lipinski definition) is 2. The van der Waals surface area contributed by atoms with Crippen LogP contribution in [0.15, 0.2) is 53.0 Å². The second-order valence-corrected chi connectivity index (χ2v) is 8.70. The van der Waals surface area contributed by atoms with Crippen molar-refractivity contribution in [3.05, 3.63) is 54.5 Å². The van der Waals surface area contributed by atoms with Crippen LogP contribution in [0, 0.1) is 11.8 Å². The number of rotatable bonds is 8. The smallest absolute Gasteiger partial charge is 0.232 e. The number of fused-ring (bicyclic) bond motifs is 1. The van der Waals surface area contributed by atoms with E-state index in [4.69, 9.17) is 4.42 Å². The molecule has 4 rings (SSSR count). The molecule has 2 N–H and O–H groups in total. The molecule has 2 atom stereocenters. The largest absolute Gasteiger partial charge is 0.437 e. The summed E-state index contributed by atoms with van der Waals surface area (Å²) in [6, 6.07) is 7.51. The minimum absolute atomic E-state index is 0.103. The Balaban J connectivity index is 1.28. The zero-order chi connectivity index (χ0) is 20.8. The van der Waals surface area contributed by atoms with Crippen LogP contribution >= 0.6 is 0 Å². The first-order valence-corrected chi connectivity index (χ1v) is 11.4. The highest BCUT2D eigenvalue weighted by Gasteiger charge is 2.40. The number of hydrogen-bond acceptors (Lipinski definition) is 4. The van der Waals surface area contributed by atoms with Crippen molar-refractivity contribution in [1.82, 2.24) is 10.3 Å². The van der Waals surface area contributed by atoms with E-state index >= 15 is 0 Å². The van der Waals surface area contributed by atoms with Gasteiger partial charge in [-0.15, -0.1) is 0 Å². The van der Waals surface area contributed by atoms with Gasteiger partial charge in [0.05, 0.1) is 0 Å². The molecule has 1 saturated carbocycles. The Hall–Kier alpha value is -2.40. The molecule has 5 heteroatoms. The lowest BCUT2D eigenvalue weighted by Crippen LogP contribution is -2.36. The van der Waals surface area contributed by atoms with Crippen LogP contribution in [-0.4, -0.2) is 22.5 Å². The highest BCUT2D eigenvalue weighted by molar-refractivity contribution is 5.75. The maximum absolute atomic E-state index is 12.2. The third-order valence-electron chi connectivity index (χ3n) is 6.53. The minimum atomic E-state index is -1.31. The van der Waals surface area contributed by atoms with Gasteiger partial charge in [0, 0.05) is 18.9 Å². The Morgan fingerprint density at radius 1 is 1.17 bits per heavy atom. The maximum Gasteiger partial charge on any atom is 0.232 e. The van der Waals surface area contributed by atoms with E-state index in [9.17, 15) is 9.90 Å². The molecule has 1 amide bonds. The molecule has 1 unspecified atom stereocenters. The lowest BCUT2D eigenvalue weighted by Gasteiger charge is -2.30. The second kappa shape index (κ2) is 9.61. The first kappa shape index (κ1) is 20.9. The van der Waals surface area contributed by atoms with Gasteiger partial charge in [-0.1, -0.05) is 62.5 Å². The summed E-state index contributed by atoms with van der Waals surface area (Å²) in [5, 5.41) is 14.4. The van der Waals surface area contributed by atoms with E-state index < -0.39 is 5.60 Å². The molecule has 1 aromatic carbocycles. The number of aromatic nitrogens is 1. The Labute approximate surface area is 178 Å². The zero-order valence-electron chi connectivity index (χ0n) is 17.6. The van der Waals surface area contributed by atoms with Gasteiger partial charge in [-0.2, -0.15) is 0 Å². The lowest BCUT2D eigenvalue weighted by atomic mass is 9.81. The predicted molar refractivity (Wildman–Crippen MR) is 118 cm³/mol. The first-order chi connectivity index (χ1) is 14.6. The Bertz CT molecular complexity index is 877. The molecule has 2 aromatic rings. The third kappa shape index (κ3) is 4.84. The SMILES string of the molecule is O=C(CCCC1CCCCC1)NCC[C@H]1C=CC=CC1(O)c1nc2ccccc2o1. The van der Waals surface area contributed by atoms with Gasteiger partial charge in [-0.05, 0) is 43.4 Å². The number of carbonyl (C=O) groups excluding carboxylic acids is 1. The van der Waals surface area contributed by atoms with Crippen LogP contribution in [0.5, 0.6) is 0 Å². The number of carbonyl (C=O) groups is 1. The molecular formula is C25H32N2O3. The van der Waals surface area contributed by atoms with Crippen molar-refractivity contribution in [3.8, 4) is 0 Å². The summed E-state index contributed by atoms with van der Waals surface area (Å²) in [6.07, 6.45) is 17.5. The van der Waals surface area contributed by atoms with E-state index in [0.717, 1.165) is 17.9 Å². The molecule has 2 aliphatic carbocycles. The number of nitrogens with zero attached hydrogens (tertiary/aromatic N) is 1. The van der Waals surface area contributed by atoms with Crippen molar-refractivity contribution >= 4 is 17.0 Å². The quantitative estimate of drug-likeness (QED) is 0.643. The van der Waals surface area contributed by atoms with E-state index in [-0.39, 0.29) is 11.8 Å². The molecule has 0 saturated heterocycles. The van der Waals surface area contributed by atoms with Gasteiger partial charge in [0.15, 0.2) is 11.2 Å². The van der Waals surface area contributed by atoms with E-state index in [2.05, 4.69) is 10.3 Å². The fourth-order valence-corrected chi connectivity index (χ4v) is 4.74. The van der Waals surface area contributed by atoms with Crippen LogP contribution < -0.4 is 5.32 Å². The van der Waals surface area contributed by atoms with Crippen molar-refractivity contribution in [3.63, 3.8) is 0 Å². The summed E-state index contributed by atoms with van der Waals surface area (Å²) in [4.78, 5) is 16.7. The molecule has 1 fully saturated rings. The number of oxazole rings is 1. The van der Waals surface area contributed by atoms with Crippen LogP contribution in [0.1, 0.15) is 63.7 Å². The number of aliphatic hydroxyl groups is 1. The van der Waals surface area contributed by atoms with Gasteiger partial charge < -0.3 is 14.8 Å². The third-order valence-corrected chi connectivity index (χ3v) is 6.53. The number of para-hydroxylation sites is 2. The van der Waals surface area contributed by atoms with Crippen LogP contribution in [0.25, 0.3) is 11.1 Å². The lowest BCUT2D eigenvalue weighted by molar-refractivity contribution is -0.121. The van der Waals surface area contributed by atoms with Gasteiger partial charge in [-0.25, -0.2) is 4.98 Å². The van der Waals surface area contributed by atoms with E-state index in [1.54, 1.807) is 6.08 Å². The standard InChI is InChI=1S/C25H32N2O3/c28-23(15-8-11-19-9-2-1-3-10-19)26-18-16-20-12-6-7-17-25(20,29)24-27-21-13-4-5-14-22(21)30-24/h4-7,12-14,17,19-20,29H,1-3,8-11,15-16,18H2,(H,26,28)/t20-,25?/m1/s1. The van der Waals surface area contributed by atoms with Crippen LogP contribution in [0.3, 0.4) is 0 Å². The molecule has 0 radical (unpaired) electrons. The summed E-state index contributed by atoms with van der Waals surface area (Å²) in [5.41, 5.74) is 0.0854. The minimum Gasteiger partial charge on any atom is -0.437 e. The number of nitrogens with one attached hydrogen (secondary N) is 1. The fraction of sp³-hybridized carbons (Fsp3) is 0.520. The number of benzene rings is 1. The average Bonchev–Trinajstić information content (AvgIpc) is 3.21. The summed E-state index contributed by atoms with van der Waals surface area (Å²) < 4.78 is 5.85. The normalized spacial score (nSPS) is 24.4. The van der Waals surface area contributed by atoms with Crippen molar-refractivity contribution in [2.45, 2.75) is 63.4 Å². The molecule has 0 spiro atoms. The van der Waals surface area contributed by atoms with Gasteiger partial charge >= 0.3 is 0 Å². The molecule has 0 aliphatic heterocycles. The average molecular weight is 409 g/mol. The molecule has 5 nitrogen and oxygen atoms in total. The van der Waals surface area contributed by atoms with Crippen molar-refractivity contribution in [2.24, 2.45) is 11.8 Å². The first-order valence-electron chi connectivity index (χ1n) is 11.4. The van der Waals surface area contributed by atoms with Crippen LogP contribution in [0.2, 0.25) is 0 Å². The summed E-state index contributed by atoms with van der Waals surface area (Å²) in [5.74, 6) is 1.01. The monoisotopic (exact) mass is 408 g/mol. The highest BCUT2D eigenvalue weighted by Crippen LogP contribution is 2.37. The number of amides is 1. The van der Waals surface area contributed by atoms with Gasteiger partial charge in [0.25, 0.3) is 0 Å². The van der Waals surface area contributed by atoms with Gasteiger partial charge in [0.1, 0.15) is 5.52 Å². The van der Waals surface area contributed by atoms with E-state index in [0.29, 0.717) is 30.9 Å². The molecule has 160 valence electrons. The van der Waals surface area contributed by atoms with E-state index in [1.165, 1.54) is 38.5 Å². The zero-order valence-corrected chi connectivity index (χ0v) is 17.6. The van der Waals surface area contributed by atoms with Crippen LogP contribution in [-0.2, 0) is 10.4 Å². The summed E-state index contributed by atoms with van der Waals surface area (Å²) in [7, 11) is 0. The molecule has 1 heterocycles. The molecule has 1 aromatic heterocycles. The van der Waals surface area contributed by atoms with Crippen LogP contribution in [0.4, 0.5) is 0 Å². The molecular weight excluding hydrogens is 376 g/mol. The topological polar surface area (TPSA) is 75.4 Å². The highest BCUT2D eigenvalue weighted by atomic mass is 16.4. The van der Waals surface area contributed by atoms with Crippen molar-refractivity contribution < 1.29 is 14.3 Å². The second-order valence-electron chi connectivity index (χ2n) is 8.70. The van der Waals surface area contributed by atoms with Gasteiger partial charge in [0.2, 0.25) is 11.8 Å². The molecule has 30 heavy (non-hydrogen) atoms. The maximum atomic E-state index is 12.2. The Morgan fingerprint density at radius 3 is 2.83 bits per heavy atom. The summed E-state index contributed by atoms with van der Waals surface area (Å²) >= 11 is 0. The Morgan fingerprint density at radius 2 is 2.00 bits per heavy atom. The van der Waals surface area contributed by atoms with Crippen molar-refractivity contribution in [2.75, 3.05) is 6.54 Å². The summed E-state index contributed by atoms with van der Waals surface area (Å²) in [6.45, 7) is 0.521. The predicted octanol–water partition coefficient (Wildman–Crippen LogP) is 5.01. The molecule has 0 bridgehead atoms. The number of allylic oxidation sites excluding steroid dienone is 2.